The zero-order valence-corrected chi connectivity index (χ0v) is 20.2. The van der Waals surface area contributed by atoms with Crippen molar-refractivity contribution in [1.82, 2.24) is 4.90 Å². The van der Waals surface area contributed by atoms with Gasteiger partial charge in [-0.3, -0.25) is 9.69 Å². The van der Waals surface area contributed by atoms with Gasteiger partial charge in [-0.1, -0.05) is 34.6 Å². The SMILES string of the molecule is COc1cc2c(cc1OC)C1CC(OC(=O)[C@@H](N)C(C)C)C(CC(C)(C)C)CN1CC2. The number of esters is 1. The maximum Gasteiger partial charge on any atom is 0.323 e. The second-order valence-corrected chi connectivity index (χ2v) is 10.7. The molecule has 3 rings (SSSR count). The Labute approximate surface area is 187 Å². The average molecular weight is 433 g/mol. The molecule has 3 unspecified atom stereocenters. The monoisotopic (exact) mass is 432 g/mol. The number of carbonyl (C=O) groups is 1. The molecule has 2 N–H and O–H groups in total. The topological polar surface area (TPSA) is 74.0 Å². The molecule has 1 saturated heterocycles. The first-order chi connectivity index (χ1) is 14.5. The summed E-state index contributed by atoms with van der Waals surface area (Å²) in [6, 6.07) is 3.82. The van der Waals surface area contributed by atoms with Crippen LogP contribution in [0.15, 0.2) is 12.1 Å². The highest BCUT2D eigenvalue weighted by molar-refractivity contribution is 5.76. The van der Waals surface area contributed by atoms with Crippen molar-refractivity contribution < 1.29 is 19.0 Å². The van der Waals surface area contributed by atoms with Gasteiger partial charge in [0.2, 0.25) is 0 Å². The van der Waals surface area contributed by atoms with Crippen LogP contribution in [0.2, 0.25) is 0 Å². The van der Waals surface area contributed by atoms with Crippen LogP contribution in [-0.2, 0) is 16.0 Å². The molecule has 1 aromatic rings. The Balaban J connectivity index is 1.90. The van der Waals surface area contributed by atoms with Crippen molar-refractivity contribution in [3.8, 4) is 11.5 Å². The van der Waals surface area contributed by atoms with Gasteiger partial charge in [-0.2, -0.15) is 0 Å². The van der Waals surface area contributed by atoms with Gasteiger partial charge >= 0.3 is 5.97 Å². The Morgan fingerprint density at radius 1 is 1.19 bits per heavy atom. The summed E-state index contributed by atoms with van der Waals surface area (Å²) in [6.45, 7) is 12.6. The minimum atomic E-state index is -0.587. The van der Waals surface area contributed by atoms with E-state index in [2.05, 4.69) is 37.8 Å². The van der Waals surface area contributed by atoms with E-state index in [4.69, 9.17) is 19.9 Å². The molecule has 6 heteroatoms. The second-order valence-electron chi connectivity index (χ2n) is 10.7. The summed E-state index contributed by atoms with van der Waals surface area (Å²) in [7, 11) is 3.34. The predicted octanol–water partition coefficient (Wildman–Crippen LogP) is 3.95. The molecule has 4 atom stereocenters. The van der Waals surface area contributed by atoms with E-state index in [1.807, 2.05) is 13.8 Å². The molecule has 0 spiro atoms. The Hall–Kier alpha value is -1.79. The standard InChI is InChI=1S/C25H40N2O4/c1-15(2)23(26)24(28)31-20-12-19-18-11-22(30-7)21(29-6)10-16(18)8-9-27(19)14-17(20)13-25(3,4)5/h10-11,15,17,19-20,23H,8-9,12-14,26H2,1-7H3/t17?,19?,20?,23-/m0/s1. The maximum absolute atomic E-state index is 12.8. The number of fused-ring (bicyclic) bond motifs is 3. The predicted molar refractivity (Wildman–Crippen MR) is 122 cm³/mol. The van der Waals surface area contributed by atoms with Crippen molar-refractivity contribution in [2.24, 2.45) is 23.0 Å². The Morgan fingerprint density at radius 2 is 1.84 bits per heavy atom. The maximum atomic E-state index is 12.8. The number of hydrogen-bond donors (Lipinski definition) is 1. The molecule has 2 aliphatic rings. The summed E-state index contributed by atoms with van der Waals surface area (Å²) in [5.41, 5.74) is 8.82. The van der Waals surface area contributed by atoms with Crippen LogP contribution in [0.5, 0.6) is 11.5 Å². The smallest absolute Gasteiger partial charge is 0.323 e. The highest BCUT2D eigenvalue weighted by Crippen LogP contribution is 2.45. The van der Waals surface area contributed by atoms with Crippen molar-refractivity contribution in [1.29, 1.82) is 0 Å². The Bertz CT molecular complexity index is 786. The zero-order chi connectivity index (χ0) is 22.9. The van der Waals surface area contributed by atoms with Gasteiger partial charge in [0.1, 0.15) is 12.1 Å². The summed E-state index contributed by atoms with van der Waals surface area (Å²) in [4.78, 5) is 15.3. The third-order valence-corrected chi connectivity index (χ3v) is 6.70. The van der Waals surface area contributed by atoms with Gasteiger partial charge in [-0.15, -0.1) is 0 Å². The number of piperidine rings is 1. The van der Waals surface area contributed by atoms with E-state index in [9.17, 15) is 4.79 Å². The number of carbonyl (C=O) groups excluding carboxylic acids is 1. The summed E-state index contributed by atoms with van der Waals surface area (Å²) in [5, 5.41) is 0. The van der Waals surface area contributed by atoms with Gasteiger partial charge in [-0.25, -0.2) is 0 Å². The fraction of sp³-hybridized carbons (Fsp3) is 0.720. The summed E-state index contributed by atoms with van der Waals surface area (Å²) >= 11 is 0. The molecular formula is C25H40N2O4. The molecule has 174 valence electrons. The van der Waals surface area contributed by atoms with E-state index in [0.717, 1.165) is 43.9 Å². The number of nitrogens with two attached hydrogens (primary N) is 1. The van der Waals surface area contributed by atoms with E-state index in [0.29, 0.717) is 5.92 Å². The molecule has 2 aliphatic heterocycles. The number of rotatable bonds is 6. The lowest BCUT2D eigenvalue weighted by Gasteiger charge is -2.48. The number of methoxy groups -OCH3 is 2. The van der Waals surface area contributed by atoms with E-state index in [-0.39, 0.29) is 29.4 Å². The van der Waals surface area contributed by atoms with E-state index in [1.54, 1.807) is 14.2 Å². The molecular weight excluding hydrogens is 392 g/mol. The average Bonchev–Trinajstić information content (AvgIpc) is 2.71. The van der Waals surface area contributed by atoms with Gasteiger partial charge in [0.15, 0.2) is 11.5 Å². The highest BCUT2D eigenvalue weighted by atomic mass is 16.5. The van der Waals surface area contributed by atoms with E-state index < -0.39 is 6.04 Å². The third-order valence-electron chi connectivity index (χ3n) is 6.70. The van der Waals surface area contributed by atoms with Crippen LogP contribution in [0.25, 0.3) is 0 Å². The van der Waals surface area contributed by atoms with Crippen LogP contribution in [0.3, 0.4) is 0 Å². The van der Waals surface area contributed by atoms with Crippen molar-refractivity contribution in [2.75, 3.05) is 27.3 Å². The van der Waals surface area contributed by atoms with Crippen molar-refractivity contribution in [3.63, 3.8) is 0 Å². The van der Waals surface area contributed by atoms with Crippen molar-refractivity contribution in [2.45, 2.75) is 72.1 Å². The summed E-state index contributed by atoms with van der Waals surface area (Å²) in [6.07, 6.45) is 2.62. The Morgan fingerprint density at radius 3 is 2.42 bits per heavy atom. The fourth-order valence-corrected chi connectivity index (χ4v) is 5.03. The van der Waals surface area contributed by atoms with Gasteiger partial charge in [0.05, 0.1) is 14.2 Å². The molecule has 0 radical (unpaired) electrons. The van der Waals surface area contributed by atoms with Gasteiger partial charge in [-0.05, 0) is 47.4 Å². The van der Waals surface area contributed by atoms with Gasteiger partial charge in [0, 0.05) is 31.5 Å². The number of ether oxygens (including phenoxy) is 3. The lowest BCUT2D eigenvalue weighted by Crippen LogP contribution is -2.51. The van der Waals surface area contributed by atoms with Crippen LogP contribution < -0.4 is 15.2 Å². The number of benzene rings is 1. The first-order valence-electron chi connectivity index (χ1n) is 11.5. The minimum Gasteiger partial charge on any atom is -0.493 e. The van der Waals surface area contributed by atoms with Crippen molar-refractivity contribution in [3.05, 3.63) is 23.3 Å². The molecule has 0 aromatic heterocycles. The fourth-order valence-electron chi connectivity index (χ4n) is 5.03. The third kappa shape index (κ3) is 5.35. The second kappa shape index (κ2) is 9.37. The Kier molecular flexibility index (Phi) is 7.21. The molecule has 0 aliphatic carbocycles. The van der Waals surface area contributed by atoms with Crippen molar-refractivity contribution >= 4 is 5.97 Å². The lowest BCUT2D eigenvalue weighted by molar-refractivity contribution is -0.160. The summed E-state index contributed by atoms with van der Waals surface area (Å²) in [5.74, 6) is 1.58. The summed E-state index contributed by atoms with van der Waals surface area (Å²) < 4.78 is 17.2. The van der Waals surface area contributed by atoms with Crippen LogP contribution in [0.4, 0.5) is 0 Å². The molecule has 6 nitrogen and oxygen atoms in total. The quantitative estimate of drug-likeness (QED) is 0.686. The first-order valence-corrected chi connectivity index (χ1v) is 11.5. The molecule has 0 amide bonds. The highest BCUT2D eigenvalue weighted by Gasteiger charge is 2.42. The lowest BCUT2D eigenvalue weighted by atomic mass is 9.75. The molecule has 1 fully saturated rings. The molecule has 1 aromatic carbocycles. The van der Waals surface area contributed by atoms with Crippen LogP contribution in [0.1, 0.15) is 64.6 Å². The largest absolute Gasteiger partial charge is 0.493 e. The minimum absolute atomic E-state index is 0.0563. The van der Waals surface area contributed by atoms with E-state index >= 15 is 0 Å². The van der Waals surface area contributed by atoms with Crippen LogP contribution in [-0.4, -0.2) is 50.3 Å². The van der Waals surface area contributed by atoms with Crippen LogP contribution >= 0.6 is 0 Å². The van der Waals surface area contributed by atoms with Crippen LogP contribution in [0, 0.1) is 17.3 Å². The molecule has 0 bridgehead atoms. The molecule has 0 saturated carbocycles. The first kappa shape index (κ1) is 23.9. The number of hydrogen-bond acceptors (Lipinski definition) is 6. The van der Waals surface area contributed by atoms with Gasteiger partial charge in [0.25, 0.3) is 0 Å². The zero-order valence-electron chi connectivity index (χ0n) is 20.2. The molecule has 2 heterocycles. The van der Waals surface area contributed by atoms with E-state index in [1.165, 1.54) is 11.1 Å². The van der Waals surface area contributed by atoms with Gasteiger partial charge < -0.3 is 19.9 Å². The normalized spacial score (nSPS) is 24.9. The number of nitrogens with zero attached hydrogens (tertiary/aromatic N) is 1. The molecule has 31 heavy (non-hydrogen) atoms.